The summed E-state index contributed by atoms with van der Waals surface area (Å²) in [5.41, 5.74) is 3.16. The largest absolute Gasteiger partial charge is 0.457 e. The maximum absolute atomic E-state index is 13.0. The zero-order chi connectivity index (χ0) is 23.7. The Morgan fingerprint density at radius 2 is 2.00 bits per heavy atom. The topological polar surface area (TPSA) is 56.3 Å². The van der Waals surface area contributed by atoms with E-state index in [1.165, 1.54) is 5.57 Å². The number of ketones is 1. The van der Waals surface area contributed by atoms with Gasteiger partial charge in [0.15, 0.2) is 0 Å². The summed E-state index contributed by atoms with van der Waals surface area (Å²) in [6.45, 7) is 12.5. The molecule has 32 heavy (non-hydrogen) atoms. The Labute approximate surface area is 198 Å². The highest BCUT2D eigenvalue weighted by Gasteiger charge is 2.26. The Bertz CT molecular complexity index is 823. The van der Waals surface area contributed by atoms with Crippen molar-refractivity contribution in [3.63, 3.8) is 0 Å². The third kappa shape index (κ3) is 8.65. The van der Waals surface area contributed by atoms with Gasteiger partial charge in [-0.3, -0.25) is 9.59 Å². The molecule has 4 unspecified atom stereocenters. The smallest absolute Gasteiger partial charge is 0.306 e. The second-order valence-electron chi connectivity index (χ2n) is 9.63. The predicted molar refractivity (Wildman–Crippen MR) is 134 cm³/mol. The molecule has 0 bridgehead atoms. The lowest BCUT2D eigenvalue weighted by Crippen LogP contribution is -2.25. The van der Waals surface area contributed by atoms with E-state index in [1.807, 2.05) is 32.2 Å². The Kier molecular flexibility index (Phi) is 10.8. The van der Waals surface area contributed by atoms with E-state index < -0.39 is 0 Å². The normalized spacial score (nSPS) is 27.7. The van der Waals surface area contributed by atoms with E-state index in [0.717, 1.165) is 48.4 Å². The van der Waals surface area contributed by atoms with Crippen LogP contribution in [0.4, 0.5) is 0 Å². The average molecular weight is 460 g/mol. The first kappa shape index (κ1) is 26.5. The third-order valence-corrected chi connectivity index (χ3v) is 7.32. The van der Waals surface area contributed by atoms with Gasteiger partial charge in [-0.15, -0.1) is 11.3 Å². The van der Waals surface area contributed by atoms with Crippen LogP contribution in [0.3, 0.4) is 0 Å². The minimum absolute atomic E-state index is 0.0515. The fourth-order valence-electron chi connectivity index (χ4n) is 4.56. The fraction of sp³-hybridized carbons (Fsp3) is 0.667. The van der Waals surface area contributed by atoms with Crippen molar-refractivity contribution in [3.8, 4) is 0 Å². The molecule has 0 aromatic carbocycles. The van der Waals surface area contributed by atoms with Gasteiger partial charge >= 0.3 is 5.97 Å². The van der Waals surface area contributed by atoms with Crippen molar-refractivity contribution in [2.45, 2.75) is 99.0 Å². The van der Waals surface area contributed by atoms with Crippen LogP contribution in [-0.2, 0) is 14.3 Å². The Morgan fingerprint density at radius 1 is 1.25 bits per heavy atom. The van der Waals surface area contributed by atoms with Crippen LogP contribution in [0, 0.1) is 24.7 Å². The molecule has 0 N–H and O–H groups in total. The Balaban J connectivity index is 2.22. The van der Waals surface area contributed by atoms with E-state index in [9.17, 15) is 9.59 Å². The van der Waals surface area contributed by atoms with Gasteiger partial charge in [0.25, 0.3) is 0 Å². The molecule has 2 heterocycles. The molecule has 1 aromatic heterocycles. The van der Waals surface area contributed by atoms with E-state index in [2.05, 4.69) is 31.8 Å². The standard InChI is InChI=1S/C27H41NO3S/c1-7-23-12-13-26(29)31-25(20(4)16-24-17-32-22(6)28-24)15-19(3)11-9-8-10-18(2)14-21(5)27(23)30/h11,16-18,21,23,25H,7-10,12-15H2,1-6H3. The number of hydrogen-bond donors (Lipinski definition) is 0. The lowest BCUT2D eigenvalue weighted by Gasteiger charge is -2.23. The number of aryl methyl sites for hydroxylation is 1. The van der Waals surface area contributed by atoms with E-state index in [0.29, 0.717) is 24.5 Å². The quantitative estimate of drug-likeness (QED) is 0.351. The molecule has 0 fully saturated rings. The summed E-state index contributed by atoms with van der Waals surface area (Å²) in [4.78, 5) is 30.2. The number of hydrogen-bond acceptors (Lipinski definition) is 5. The summed E-state index contributed by atoms with van der Waals surface area (Å²) >= 11 is 1.62. The Hall–Kier alpha value is -1.75. The molecular formula is C27H41NO3S. The highest BCUT2D eigenvalue weighted by Crippen LogP contribution is 2.26. The molecule has 0 saturated carbocycles. The van der Waals surface area contributed by atoms with Crippen LogP contribution < -0.4 is 0 Å². The summed E-state index contributed by atoms with van der Waals surface area (Å²) in [6, 6.07) is 0. The number of rotatable bonds is 3. The van der Waals surface area contributed by atoms with Gasteiger partial charge in [0.05, 0.1) is 10.7 Å². The first-order valence-electron chi connectivity index (χ1n) is 12.2. The monoisotopic (exact) mass is 459 g/mol. The highest BCUT2D eigenvalue weighted by atomic mass is 32.1. The zero-order valence-corrected chi connectivity index (χ0v) is 21.6. The van der Waals surface area contributed by atoms with Crippen molar-refractivity contribution in [2.75, 3.05) is 0 Å². The lowest BCUT2D eigenvalue weighted by atomic mass is 9.83. The van der Waals surface area contributed by atoms with E-state index in [1.54, 1.807) is 11.3 Å². The van der Waals surface area contributed by atoms with Gasteiger partial charge in [0, 0.05) is 30.1 Å². The molecule has 2 rings (SSSR count). The van der Waals surface area contributed by atoms with Crippen LogP contribution in [0.15, 0.2) is 22.6 Å². The molecule has 4 atom stereocenters. The zero-order valence-electron chi connectivity index (χ0n) is 20.8. The molecule has 0 amide bonds. The number of nitrogens with zero attached hydrogens (tertiary/aromatic N) is 1. The van der Waals surface area contributed by atoms with Crippen LogP contribution in [0.2, 0.25) is 0 Å². The van der Waals surface area contributed by atoms with E-state index >= 15 is 0 Å². The maximum Gasteiger partial charge on any atom is 0.306 e. The molecule has 1 aromatic rings. The highest BCUT2D eigenvalue weighted by molar-refractivity contribution is 7.09. The fourth-order valence-corrected chi connectivity index (χ4v) is 5.13. The van der Waals surface area contributed by atoms with Crippen LogP contribution in [0.5, 0.6) is 0 Å². The minimum Gasteiger partial charge on any atom is -0.457 e. The first-order chi connectivity index (χ1) is 15.2. The number of thiazole rings is 1. The lowest BCUT2D eigenvalue weighted by molar-refractivity contribution is -0.147. The van der Waals surface area contributed by atoms with Crippen molar-refractivity contribution in [2.24, 2.45) is 17.8 Å². The van der Waals surface area contributed by atoms with Gasteiger partial charge in [0.1, 0.15) is 11.9 Å². The number of carbonyl (C=O) groups is 2. The molecule has 1 aliphatic heterocycles. The van der Waals surface area contributed by atoms with Gasteiger partial charge in [-0.2, -0.15) is 0 Å². The SMILES string of the molecule is CCC1CCC(=O)OC(C(C)=Cc2csc(C)n2)CC(C)=CCCCC(C)CC(C)C1=O. The van der Waals surface area contributed by atoms with Crippen molar-refractivity contribution in [3.05, 3.63) is 33.3 Å². The number of allylic oxidation sites excluding steroid dienone is 1. The summed E-state index contributed by atoms with van der Waals surface area (Å²) in [5, 5.41) is 3.05. The molecule has 4 nitrogen and oxygen atoms in total. The summed E-state index contributed by atoms with van der Waals surface area (Å²) in [5.74, 6) is 0.617. The van der Waals surface area contributed by atoms with E-state index in [-0.39, 0.29) is 30.3 Å². The molecule has 0 spiro atoms. The van der Waals surface area contributed by atoms with Gasteiger partial charge in [-0.1, -0.05) is 38.8 Å². The number of cyclic esters (lactones) is 1. The van der Waals surface area contributed by atoms with Crippen molar-refractivity contribution in [1.29, 1.82) is 0 Å². The molecule has 0 aliphatic carbocycles. The number of aromatic nitrogens is 1. The second kappa shape index (κ2) is 13.1. The van der Waals surface area contributed by atoms with Crippen LogP contribution >= 0.6 is 11.3 Å². The summed E-state index contributed by atoms with van der Waals surface area (Å²) < 4.78 is 5.95. The van der Waals surface area contributed by atoms with Crippen LogP contribution in [0.1, 0.15) is 96.7 Å². The van der Waals surface area contributed by atoms with Crippen LogP contribution in [-0.4, -0.2) is 22.8 Å². The van der Waals surface area contributed by atoms with Gasteiger partial charge in [-0.25, -0.2) is 4.98 Å². The van der Waals surface area contributed by atoms with Gasteiger partial charge in [0.2, 0.25) is 0 Å². The predicted octanol–water partition coefficient (Wildman–Crippen LogP) is 7.32. The molecule has 1 aliphatic rings. The van der Waals surface area contributed by atoms with Crippen molar-refractivity contribution >= 4 is 29.2 Å². The average Bonchev–Trinajstić information content (AvgIpc) is 3.14. The van der Waals surface area contributed by atoms with Crippen molar-refractivity contribution < 1.29 is 14.3 Å². The summed E-state index contributed by atoms with van der Waals surface area (Å²) in [6.07, 6.45) is 10.5. The molecule has 0 saturated heterocycles. The van der Waals surface area contributed by atoms with E-state index in [4.69, 9.17) is 4.74 Å². The van der Waals surface area contributed by atoms with Crippen molar-refractivity contribution in [1.82, 2.24) is 4.98 Å². The second-order valence-corrected chi connectivity index (χ2v) is 10.7. The third-order valence-electron chi connectivity index (χ3n) is 6.53. The summed E-state index contributed by atoms with van der Waals surface area (Å²) in [7, 11) is 0. The number of esters is 1. The maximum atomic E-state index is 13.0. The number of Topliss-reactive ketones (excluding diaryl/α,β-unsaturated/α-hetero) is 1. The number of ether oxygens (including phenoxy) is 1. The first-order valence-corrected chi connectivity index (χ1v) is 13.1. The van der Waals surface area contributed by atoms with Gasteiger partial charge in [-0.05, 0) is 70.4 Å². The molecular weight excluding hydrogens is 418 g/mol. The minimum atomic E-state index is -0.303. The Morgan fingerprint density at radius 3 is 2.66 bits per heavy atom. The van der Waals surface area contributed by atoms with Crippen LogP contribution in [0.25, 0.3) is 6.08 Å². The molecule has 178 valence electrons. The molecule has 5 heteroatoms. The molecule has 0 radical (unpaired) electrons. The number of carbonyl (C=O) groups excluding carboxylic acids is 2. The van der Waals surface area contributed by atoms with Gasteiger partial charge < -0.3 is 4.74 Å².